The summed E-state index contributed by atoms with van der Waals surface area (Å²) < 4.78 is 6.33. The highest BCUT2D eigenvalue weighted by Gasteiger charge is 2.10. The van der Waals surface area contributed by atoms with Crippen molar-refractivity contribution in [2.45, 2.75) is 19.8 Å². The highest BCUT2D eigenvalue weighted by molar-refractivity contribution is 9.10. The van der Waals surface area contributed by atoms with Crippen molar-refractivity contribution in [3.05, 3.63) is 58.6 Å². The molecule has 2 N–H and O–H groups in total. The summed E-state index contributed by atoms with van der Waals surface area (Å²) in [5, 5.41) is 5.89. The van der Waals surface area contributed by atoms with Crippen molar-refractivity contribution in [2.75, 3.05) is 11.9 Å². The average Bonchev–Trinajstić information content (AvgIpc) is 2.57. The number of carbonyl (C=O) groups excluding carboxylic acids is 1. The fourth-order valence-electron chi connectivity index (χ4n) is 1.95. The number of thiocarbonyl (C=S) groups is 1. The molecular weight excluding hydrogens is 388 g/mol. The van der Waals surface area contributed by atoms with Gasteiger partial charge in [0.1, 0.15) is 5.75 Å². The van der Waals surface area contributed by atoms with Crippen LogP contribution < -0.4 is 15.4 Å². The summed E-state index contributed by atoms with van der Waals surface area (Å²) >= 11 is 8.53. The molecule has 2 aromatic rings. The zero-order valence-electron chi connectivity index (χ0n) is 13.3. The molecule has 0 atom stereocenters. The van der Waals surface area contributed by atoms with Crippen LogP contribution in [0.2, 0.25) is 0 Å². The van der Waals surface area contributed by atoms with Gasteiger partial charge < -0.3 is 10.1 Å². The van der Waals surface area contributed by atoms with Gasteiger partial charge in [-0.1, -0.05) is 25.5 Å². The predicted molar refractivity (Wildman–Crippen MR) is 105 cm³/mol. The van der Waals surface area contributed by atoms with Crippen LogP contribution in [0.25, 0.3) is 0 Å². The maximum atomic E-state index is 12.2. The molecule has 24 heavy (non-hydrogen) atoms. The number of unbranched alkanes of at least 4 members (excludes halogenated alkanes) is 1. The summed E-state index contributed by atoms with van der Waals surface area (Å²) in [7, 11) is 0. The van der Waals surface area contributed by atoms with Gasteiger partial charge >= 0.3 is 0 Å². The largest absolute Gasteiger partial charge is 0.494 e. The highest BCUT2D eigenvalue weighted by atomic mass is 79.9. The standard InChI is InChI=1S/C18H19BrN2O2S/c1-2-3-12-23-14-10-8-13(9-11-14)20-18(24)21-17(22)15-6-4-5-7-16(15)19/h4-11H,2-3,12H2,1H3,(H2,20,21,22,24). The van der Waals surface area contributed by atoms with Crippen LogP contribution in [0, 0.1) is 0 Å². The second-order valence-corrected chi connectivity index (χ2v) is 6.38. The van der Waals surface area contributed by atoms with Crippen molar-refractivity contribution in [1.29, 1.82) is 0 Å². The smallest absolute Gasteiger partial charge is 0.258 e. The lowest BCUT2D eigenvalue weighted by Gasteiger charge is -2.11. The summed E-state index contributed by atoms with van der Waals surface area (Å²) in [5.74, 6) is 0.552. The molecule has 6 heteroatoms. The van der Waals surface area contributed by atoms with E-state index in [1.54, 1.807) is 12.1 Å². The highest BCUT2D eigenvalue weighted by Crippen LogP contribution is 2.17. The molecule has 0 radical (unpaired) electrons. The fourth-order valence-corrected chi connectivity index (χ4v) is 2.62. The van der Waals surface area contributed by atoms with E-state index in [0.717, 1.165) is 28.8 Å². The Kier molecular flexibility index (Phi) is 7.21. The molecule has 1 amide bonds. The molecule has 2 rings (SSSR count). The molecule has 0 bridgehead atoms. The number of carbonyl (C=O) groups is 1. The van der Waals surface area contributed by atoms with E-state index in [1.807, 2.05) is 36.4 Å². The molecule has 0 aliphatic carbocycles. The second-order valence-electron chi connectivity index (χ2n) is 5.11. The fraction of sp³-hybridized carbons (Fsp3) is 0.222. The van der Waals surface area contributed by atoms with E-state index in [4.69, 9.17) is 17.0 Å². The summed E-state index contributed by atoms with van der Waals surface area (Å²) in [6.45, 7) is 2.84. The maximum absolute atomic E-state index is 12.2. The molecule has 0 saturated carbocycles. The van der Waals surface area contributed by atoms with Gasteiger partial charge in [-0.3, -0.25) is 10.1 Å². The molecule has 0 heterocycles. The van der Waals surface area contributed by atoms with Crippen LogP contribution in [-0.2, 0) is 0 Å². The van der Waals surface area contributed by atoms with Gasteiger partial charge in [0.25, 0.3) is 5.91 Å². The normalized spacial score (nSPS) is 10.1. The number of benzene rings is 2. The first-order valence-electron chi connectivity index (χ1n) is 7.70. The maximum Gasteiger partial charge on any atom is 0.258 e. The first-order chi connectivity index (χ1) is 11.6. The van der Waals surface area contributed by atoms with E-state index in [0.29, 0.717) is 12.2 Å². The molecule has 0 saturated heterocycles. The molecule has 2 aromatic carbocycles. The Morgan fingerprint density at radius 1 is 1.17 bits per heavy atom. The molecule has 0 aliphatic heterocycles. The SMILES string of the molecule is CCCCOc1ccc(NC(=S)NC(=O)c2ccccc2Br)cc1. The lowest BCUT2D eigenvalue weighted by molar-refractivity contribution is 0.0977. The number of hydrogen-bond donors (Lipinski definition) is 2. The lowest BCUT2D eigenvalue weighted by atomic mass is 10.2. The number of anilines is 1. The van der Waals surface area contributed by atoms with Crippen molar-refractivity contribution in [2.24, 2.45) is 0 Å². The van der Waals surface area contributed by atoms with Gasteiger partial charge in [0.15, 0.2) is 5.11 Å². The minimum absolute atomic E-state index is 0.246. The number of halogens is 1. The van der Waals surface area contributed by atoms with E-state index >= 15 is 0 Å². The topological polar surface area (TPSA) is 50.4 Å². The third-order valence-electron chi connectivity index (χ3n) is 3.22. The lowest BCUT2D eigenvalue weighted by Crippen LogP contribution is -2.34. The van der Waals surface area contributed by atoms with Gasteiger partial charge in [-0.25, -0.2) is 0 Å². The first kappa shape index (κ1) is 18.4. The second kappa shape index (κ2) is 9.39. The van der Waals surface area contributed by atoms with Crippen LogP contribution in [0.3, 0.4) is 0 Å². The average molecular weight is 407 g/mol. The van der Waals surface area contributed by atoms with Gasteiger partial charge in [-0.2, -0.15) is 0 Å². The number of ether oxygens (including phenoxy) is 1. The van der Waals surface area contributed by atoms with Crippen molar-refractivity contribution >= 4 is 44.9 Å². The van der Waals surface area contributed by atoms with Crippen LogP contribution in [0.5, 0.6) is 5.75 Å². The third-order valence-corrected chi connectivity index (χ3v) is 4.12. The Balaban J connectivity index is 1.88. The van der Waals surface area contributed by atoms with Crippen LogP contribution in [0.15, 0.2) is 53.0 Å². The number of amides is 1. The zero-order valence-corrected chi connectivity index (χ0v) is 15.7. The summed E-state index contributed by atoms with van der Waals surface area (Å²) in [6.07, 6.45) is 2.14. The molecule has 0 fully saturated rings. The summed E-state index contributed by atoms with van der Waals surface area (Å²) in [5.41, 5.74) is 1.32. The molecule has 0 unspecified atom stereocenters. The number of rotatable bonds is 6. The molecule has 0 aromatic heterocycles. The van der Waals surface area contributed by atoms with Gasteiger partial charge in [0.05, 0.1) is 12.2 Å². The Morgan fingerprint density at radius 3 is 2.54 bits per heavy atom. The van der Waals surface area contributed by atoms with Crippen LogP contribution in [0.1, 0.15) is 30.1 Å². The molecule has 0 spiro atoms. The van der Waals surface area contributed by atoms with Gasteiger partial charge in [0.2, 0.25) is 0 Å². The summed E-state index contributed by atoms with van der Waals surface area (Å²) in [6, 6.07) is 14.6. The van der Waals surface area contributed by atoms with E-state index in [2.05, 4.69) is 33.5 Å². The van der Waals surface area contributed by atoms with Gasteiger partial charge in [0, 0.05) is 10.2 Å². The first-order valence-corrected chi connectivity index (χ1v) is 8.90. The van der Waals surface area contributed by atoms with Gasteiger partial charge in [-0.15, -0.1) is 0 Å². The van der Waals surface area contributed by atoms with Gasteiger partial charge in [-0.05, 0) is 71.0 Å². The molecule has 4 nitrogen and oxygen atoms in total. The quantitative estimate of drug-likeness (QED) is 0.536. The molecular formula is C18H19BrN2O2S. The predicted octanol–water partition coefficient (Wildman–Crippen LogP) is 4.75. The van der Waals surface area contributed by atoms with E-state index in [9.17, 15) is 4.79 Å². The van der Waals surface area contributed by atoms with Crippen molar-refractivity contribution in [3.8, 4) is 5.75 Å². The Labute approximate surface area is 155 Å². The Hall–Kier alpha value is -1.92. The minimum atomic E-state index is -0.264. The Bertz CT molecular complexity index is 704. The van der Waals surface area contributed by atoms with E-state index in [1.165, 1.54) is 0 Å². The van der Waals surface area contributed by atoms with Crippen molar-refractivity contribution in [1.82, 2.24) is 5.32 Å². The van der Waals surface area contributed by atoms with Crippen molar-refractivity contribution < 1.29 is 9.53 Å². The minimum Gasteiger partial charge on any atom is -0.494 e. The zero-order chi connectivity index (χ0) is 17.4. The van der Waals surface area contributed by atoms with Crippen LogP contribution in [0.4, 0.5) is 5.69 Å². The molecule has 126 valence electrons. The third kappa shape index (κ3) is 5.62. The van der Waals surface area contributed by atoms with E-state index < -0.39 is 0 Å². The van der Waals surface area contributed by atoms with E-state index in [-0.39, 0.29) is 11.0 Å². The Morgan fingerprint density at radius 2 is 1.88 bits per heavy atom. The monoisotopic (exact) mass is 406 g/mol. The van der Waals surface area contributed by atoms with Crippen LogP contribution >= 0.6 is 28.1 Å². The molecule has 0 aliphatic rings. The van der Waals surface area contributed by atoms with Crippen LogP contribution in [-0.4, -0.2) is 17.6 Å². The number of nitrogens with one attached hydrogen (secondary N) is 2. The summed E-state index contributed by atoms with van der Waals surface area (Å²) in [4.78, 5) is 12.2. The number of hydrogen-bond acceptors (Lipinski definition) is 3. The van der Waals surface area contributed by atoms with Crippen molar-refractivity contribution in [3.63, 3.8) is 0 Å².